The largest absolute Gasteiger partial charge is 0.464 e. The molecule has 0 saturated carbocycles. The average Bonchev–Trinajstić information content (AvgIpc) is 3.32. The van der Waals surface area contributed by atoms with E-state index in [-0.39, 0.29) is 6.29 Å². The van der Waals surface area contributed by atoms with Crippen LogP contribution in [-0.2, 0) is 6.54 Å². The maximum absolute atomic E-state index is 5.86. The number of aryl methyl sites for hydroxylation is 1. The highest BCUT2D eigenvalue weighted by Gasteiger charge is 2.32. The summed E-state index contributed by atoms with van der Waals surface area (Å²) in [5.41, 5.74) is 1.10. The van der Waals surface area contributed by atoms with E-state index in [1.807, 2.05) is 37.4 Å². The summed E-state index contributed by atoms with van der Waals surface area (Å²) in [5.74, 6) is 3.55. The molecule has 5 rings (SSSR count). The molecule has 2 aliphatic rings. The molecule has 0 spiro atoms. The van der Waals surface area contributed by atoms with E-state index >= 15 is 0 Å². The Balaban J connectivity index is 1.15. The summed E-state index contributed by atoms with van der Waals surface area (Å²) in [4.78, 5) is 9.36. The highest BCUT2D eigenvalue weighted by Crippen LogP contribution is 2.33. The Labute approximate surface area is 204 Å². The minimum atomic E-state index is -0.0167. The van der Waals surface area contributed by atoms with Crippen molar-refractivity contribution in [2.45, 2.75) is 45.1 Å². The molecule has 1 fully saturated rings. The van der Waals surface area contributed by atoms with Gasteiger partial charge in [0.2, 0.25) is 0 Å². The van der Waals surface area contributed by atoms with Crippen molar-refractivity contribution in [2.24, 2.45) is 0 Å². The van der Waals surface area contributed by atoms with Gasteiger partial charge in [0.15, 0.2) is 17.3 Å². The van der Waals surface area contributed by atoms with Crippen LogP contribution >= 0.6 is 11.6 Å². The highest BCUT2D eigenvalue weighted by atomic mass is 35.5. The molecule has 9 nitrogen and oxygen atoms in total. The first-order chi connectivity index (χ1) is 16.6. The van der Waals surface area contributed by atoms with Gasteiger partial charge in [-0.05, 0) is 75.7 Å². The summed E-state index contributed by atoms with van der Waals surface area (Å²) in [5, 5.41) is 19.1. The third-order valence-electron chi connectivity index (χ3n) is 6.38. The Bertz CT molecular complexity index is 1070. The van der Waals surface area contributed by atoms with Crippen LogP contribution in [0, 0.1) is 6.92 Å². The second kappa shape index (κ2) is 10.6. The summed E-state index contributed by atoms with van der Waals surface area (Å²) in [6, 6.07) is 12.2. The number of likely N-dealkylation sites (tertiary alicyclic amines) is 1. The molecule has 0 aromatic carbocycles. The zero-order valence-corrected chi connectivity index (χ0v) is 20.1. The topological polar surface area (TPSA) is 94.4 Å². The van der Waals surface area contributed by atoms with Crippen molar-refractivity contribution < 1.29 is 4.42 Å². The molecule has 10 heteroatoms. The Morgan fingerprint density at radius 2 is 2.09 bits per heavy atom. The Hall–Kier alpha value is -2.88. The van der Waals surface area contributed by atoms with Crippen molar-refractivity contribution in [2.75, 3.05) is 41.7 Å². The van der Waals surface area contributed by atoms with E-state index in [9.17, 15) is 0 Å². The maximum Gasteiger partial charge on any atom is 0.157 e. The van der Waals surface area contributed by atoms with Gasteiger partial charge in [-0.3, -0.25) is 5.32 Å². The van der Waals surface area contributed by atoms with Crippen LogP contribution in [0.2, 0.25) is 5.15 Å². The predicted molar refractivity (Wildman–Crippen MR) is 134 cm³/mol. The number of anilines is 3. The van der Waals surface area contributed by atoms with Crippen LogP contribution in [0.5, 0.6) is 0 Å². The quantitative estimate of drug-likeness (QED) is 0.444. The monoisotopic (exact) mass is 482 g/mol. The molecular formula is C24H31ClN8O. The number of rotatable bonds is 8. The average molecular weight is 483 g/mol. The van der Waals surface area contributed by atoms with Crippen molar-refractivity contribution >= 4 is 28.9 Å². The zero-order valence-electron chi connectivity index (χ0n) is 19.4. The molecule has 180 valence electrons. The summed E-state index contributed by atoms with van der Waals surface area (Å²) < 4.78 is 5.86. The van der Waals surface area contributed by atoms with Crippen LogP contribution in [0.3, 0.4) is 0 Å². The zero-order chi connectivity index (χ0) is 23.3. The Morgan fingerprint density at radius 1 is 1.15 bits per heavy atom. The fourth-order valence-electron chi connectivity index (χ4n) is 4.65. The van der Waals surface area contributed by atoms with Gasteiger partial charge in [0.05, 0.1) is 12.2 Å². The number of furan rings is 1. The molecule has 0 radical (unpaired) electrons. The number of nitrogens with zero attached hydrogens (tertiary/aromatic N) is 5. The lowest BCUT2D eigenvalue weighted by molar-refractivity contribution is 0.291. The van der Waals surface area contributed by atoms with Gasteiger partial charge < -0.3 is 24.9 Å². The van der Waals surface area contributed by atoms with Gasteiger partial charge in [-0.25, -0.2) is 4.98 Å². The number of hydrogen-bond acceptors (Lipinski definition) is 9. The Morgan fingerprint density at radius 3 is 2.91 bits per heavy atom. The molecule has 2 aliphatic heterocycles. The van der Waals surface area contributed by atoms with Crippen molar-refractivity contribution in [1.29, 1.82) is 0 Å². The first-order valence-electron chi connectivity index (χ1n) is 11.9. The Kier molecular flexibility index (Phi) is 7.13. The molecule has 0 amide bonds. The van der Waals surface area contributed by atoms with Crippen LogP contribution in [0.4, 0.5) is 17.3 Å². The third kappa shape index (κ3) is 5.60. The first kappa shape index (κ1) is 22.9. The second-order valence-electron chi connectivity index (χ2n) is 8.86. The van der Waals surface area contributed by atoms with E-state index in [1.54, 1.807) is 6.07 Å². The summed E-state index contributed by atoms with van der Waals surface area (Å²) in [7, 11) is 0. The van der Waals surface area contributed by atoms with E-state index in [2.05, 4.69) is 47.0 Å². The van der Waals surface area contributed by atoms with Crippen LogP contribution in [-0.4, -0.2) is 58.6 Å². The van der Waals surface area contributed by atoms with Gasteiger partial charge in [0.1, 0.15) is 17.3 Å². The third-order valence-corrected chi connectivity index (χ3v) is 6.59. The number of pyridine rings is 1. The molecule has 34 heavy (non-hydrogen) atoms. The standard InChI is InChI=1S/C24H31ClN8O/c1-17-6-7-19(34-17)16-33-20-5-2-11-27-23(20)29-24(33)28-18-4-3-13-32(14-10-18)15-12-26-22-9-8-21(25)30-31-22/h2,5-9,11,18,24,28H,3-4,10,12-16H2,1H3,(H,26,31)(H,27,29). The number of fused-ring (bicyclic) bond motifs is 1. The van der Waals surface area contributed by atoms with Gasteiger partial charge in [-0.1, -0.05) is 11.6 Å². The molecule has 0 bridgehead atoms. The van der Waals surface area contributed by atoms with Gasteiger partial charge in [-0.15, -0.1) is 10.2 Å². The van der Waals surface area contributed by atoms with E-state index in [4.69, 9.17) is 16.0 Å². The van der Waals surface area contributed by atoms with E-state index in [0.29, 0.717) is 17.7 Å². The number of halogens is 1. The summed E-state index contributed by atoms with van der Waals surface area (Å²) >= 11 is 5.81. The van der Waals surface area contributed by atoms with E-state index in [0.717, 1.165) is 74.3 Å². The van der Waals surface area contributed by atoms with Crippen molar-refractivity contribution in [3.05, 3.63) is 59.3 Å². The van der Waals surface area contributed by atoms with Gasteiger partial charge in [0, 0.05) is 25.3 Å². The van der Waals surface area contributed by atoms with Crippen molar-refractivity contribution in [3.8, 4) is 0 Å². The summed E-state index contributed by atoms with van der Waals surface area (Å²) in [6.07, 6.45) is 5.21. The lowest BCUT2D eigenvalue weighted by Gasteiger charge is -2.30. The molecule has 2 atom stereocenters. The van der Waals surface area contributed by atoms with Crippen LogP contribution < -0.4 is 20.9 Å². The number of nitrogens with one attached hydrogen (secondary N) is 3. The fourth-order valence-corrected chi connectivity index (χ4v) is 4.75. The van der Waals surface area contributed by atoms with Crippen molar-refractivity contribution in [3.63, 3.8) is 0 Å². The minimum absolute atomic E-state index is 0.0167. The second-order valence-corrected chi connectivity index (χ2v) is 9.25. The van der Waals surface area contributed by atoms with E-state index in [1.165, 1.54) is 0 Å². The fraction of sp³-hybridized carbons (Fsp3) is 0.458. The van der Waals surface area contributed by atoms with Crippen LogP contribution in [0.15, 0.2) is 47.0 Å². The minimum Gasteiger partial charge on any atom is -0.464 e. The molecule has 5 heterocycles. The van der Waals surface area contributed by atoms with Gasteiger partial charge in [-0.2, -0.15) is 0 Å². The molecule has 3 aromatic rings. The van der Waals surface area contributed by atoms with Crippen molar-refractivity contribution in [1.82, 2.24) is 25.4 Å². The SMILES string of the molecule is Cc1ccc(CN2c3cccnc3NC2NC2CCCN(CCNc3ccc(Cl)nn3)CC2)o1. The molecule has 3 aromatic heterocycles. The maximum atomic E-state index is 5.86. The molecule has 1 saturated heterocycles. The molecule has 2 unspecified atom stereocenters. The lowest BCUT2D eigenvalue weighted by Crippen LogP contribution is -2.51. The first-order valence-corrected chi connectivity index (χ1v) is 12.3. The van der Waals surface area contributed by atoms with Gasteiger partial charge in [0.25, 0.3) is 0 Å². The molecular weight excluding hydrogens is 452 g/mol. The molecule has 0 aliphatic carbocycles. The molecule has 3 N–H and O–H groups in total. The lowest BCUT2D eigenvalue weighted by atomic mass is 10.1. The highest BCUT2D eigenvalue weighted by molar-refractivity contribution is 6.29. The van der Waals surface area contributed by atoms with Crippen LogP contribution in [0.1, 0.15) is 30.8 Å². The number of aromatic nitrogens is 3. The smallest absolute Gasteiger partial charge is 0.157 e. The number of hydrogen-bond donors (Lipinski definition) is 3. The predicted octanol–water partition coefficient (Wildman–Crippen LogP) is 3.70. The van der Waals surface area contributed by atoms with Gasteiger partial charge >= 0.3 is 0 Å². The van der Waals surface area contributed by atoms with E-state index < -0.39 is 0 Å². The summed E-state index contributed by atoms with van der Waals surface area (Å²) in [6.45, 7) is 6.62. The normalized spacial score (nSPS) is 20.6. The van der Waals surface area contributed by atoms with Crippen LogP contribution in [0.25, 0.3) is 0 Å².